The van der Waals surface area contributed by atoms with Crippen LogP contribution < -0.4 is 5.32 Å². The van der Waals surface area contributed by atoms with Crippen LogP contribution in [0.2, 0.25) is 5.02 Å². The number of hydrogen-bond donors (Lipinski definition) is 1. The first-order chi connectivity index (χ1) is 12.7. The highest BCUT2D eigenvalue weighted by molar-refractivity contribution is 7.09. The average molecular weight is 388 g/mol. The average Bonchev–Trinajstić information content (AvgIpc) is 3.31. The number of benzene rings is 1. The molecule has 1 amide bonds. The SMILES string of the molecule is O=C(NCCc1cccs1)c1cc2n(n1)C[C@@H](c1ccc(Cl)cc1)OC2. The minimum Gasteiger partial charge on any atom is -0.365 e. The van der Waals surface area contributed by atoms with Crippen LogP contribution in [0.25, 0.3) is 0 Å². The summed E-state index contributed by atoms with van der Waals surface area (Å²) in [5, 5.41) is 10.1. The normalized spacial score (nSPS) is 16.3. The van der Waals surface area contributed by atoms with Crippen LogP contribution in [0, 0.1) is 0 Å². The molecule has 4 rings (SSSR count). The maximum absolute atomic E-state index is 12.3. The van der Waals surface area contributed by atoms with Crippen molar-refractivity contribution in [1.29, 1.82) is 0 Å². The Hall–Kier alpha value is -2.15. The molecular formula is C19H18ClN3O2S. The number of nitrogens with zero attached hydrogens (tertiary/aromatic N) is 2. The van der Waals surface area contributed by atoms with Crippen molar-refractivity contribution < 1.29 is 9.53 Å². The summed E-state index contributed by atoms with van der Waals surface area (Å²) in [6.45, 7) is 1.62. The van der Waals surface area contributed by atoms with Gasteiger partial charge in [-0.1, -0.05) is 29.8 Å². The summed E-state index contributed by atoms with van der Waals surface area (Å²) in [6, 6.07) is 13.5. The lowest BCUT2D eigenvalue weighted by Gasteiger charge is -2.24. The molecule has 26 heavy (non-hydrogen) atoms. The quantitative estimate of drug-likeness (QED) is 0.723. The van der Waals surface area contributed by atoms with Crippen LogP contribution in [-0.4, -0.2) is 22.2 Å². The first kappa shape index (κ1) is 17.3. The molecule has 0 saturated carbocycles. The number of thiophene rings is 1. The molecule has 0 radical (unpaired) electrons. The van der Waals surface area contributed by atoms with Gasteiger partial charge < -0.3 is 10.1 Å². The predicted octanol–water partition coefficient (Wildman–Crippen LogP) is 3.84. The fourth-order valence-electron chi connectivity index (χ4n) is 2.96. The predicted molar refractivity (Wildman–Crippen MR) is 102 cm³/mol. The van der Waals surface area contributed by atoms with Gasteiger partial charge in [-0.15, -0.1) is 11.3 Å². The van der Waals surface area contributed by atoms with Crippen molar-refractivity contribution in [3.8, 4) is 0 Å². The van der Waals surface area contributed by atoms with E-state index in [1.165, 1.54) is 4.88 Å². The molecule has 0 aliphatic carbocycles. The molecule has 5 nitrogen and oxygen atoms in total. The van der Waals surface area contributed by atoms with Gasteiger partial charge in [-0.25, -0.2) is 0 Å². The van der Waals surface area contributed by atoms with E-state index >= 15 is 0 Å². The monoisotopic (exact) mass is 387 g/mol. The number of amides is 1. The van der Waals surface area contributed by atoms with Crippen LogP contribution in [0.15, 0.2) is 47.8 Å². The molecule has 0 unspecified atom stereocenters. The number of nitrogens with one attached hydrogen (secondary N) is 1. The van der Waals surface area contributed by atoms with Crippen molar-refractivity contribution in [2.75, 3.05) is 6.54 Å². The van der Waals surface area contributed by atoms with Gasteiger partial charge in [-0.05, 0) is 41.6 Å². The van der Waals surface area contributed by atoms with Gasteiger partial charge in [0.1, 0.15) is 6.10 Å². The number of aromatic nitrogens is 2. The molecule has 1 aliphatic rings. The number of rotatable bonds is 5. The van der Waals surface area contributed by atoms with E-state index in [9.17, 15) is 4.79 Å². The molecule has 134 valence electrons. The molecule has 1 atom stereocenters. The van der Waals surface area contributed by atoms with E-state index in [4.69, 9.17) is 16.3 Å². The summed E-state index contributed by atoms with van der Waals surface area (Å²) < 4.78 is 7.78. The van der Waals surface area contributed by atoms with E-state index in [-0.39, 0.29) is 12.0 Å². The van der Waals surface area contributed by atoms with Crippen LogP contribution in [0.3, 0.4) is 0 Å². The molecule has 1 aromatic carbocycles. The van der Waals surface area contributed by atoms with Gasteiger partial charge in [0.25, 0.3) is 5.91 Å². The molecule has 0 spiro atoms. The van der Waals surface area contributed by atoms with Crippen LogP contribution in [0.4, 0.5) is 0 Å². The number of halogens is 1. The Bertz CT molecular complexity index is 890. The summed E-state index contributed by atoms with van der Waals surface area (Å²) in [5.41, 5.74) is 2.41. The highest BCUT2D eigenvalue weighted by atomic mass is 35.5. The second kappa shape index (κ2) is 7.61. The Kier molecular flexibility index (Phi) is 5.06. The first-order valence-corrected chi connectivity index (χ1v) is 9.69. The molecule has 1 aliphatic heterocycles. The minimum atomic E-state index is -0.147. The minimum absolute atomic E-state index is 0.0885. The summed E-state index contributed by atoms with van der Waals surface area (Å²) in [4.78, 5) is 13.6. The zero-order valence-corrected chi connectivity index (χ0v) is 15.6. The van der Waals surface area contributed by atoms with Crippen molar-refractivity contribution in [2.24, 2.45) is 0 Å². The molecule has 2 aromatic heterocycles. The van der Waals surface area contributed by atoms with Crippen LogP contribution in [0.5, 0.6) is 0 Å². The van der Waals surface area contributed by atoms with E-state index in [0.29, 0.717) is 30.4 Å². The van der Waals surface area contributed by atoms with Crippen LogP contribution in [-0.2, 0) is 24.3 Å². The third-order valence-corrected chi connectivity index (χ3v) is 5.53. The van der Waals surface area contributed by atoms with Crippen molar-refractivity contribution in [2.45, 2.75) is 25.7 Å². The summed E-state index contributed by atoms with van der Waals surface area (Å²) >= 11 is 7.64. The third-order valence-electron chi connectivity index (χ3n) is 4.35. The number of hydrogen-bond acceptors (Lipinski definition) is 4. The fourth-order valence-corrected chi connectivity index (χ4v) is 3.80. The van der Waals surface area contributed by atoms with Crippen LogP contribution in [0.1, 0.15) is 32.7 Å². The van der Waals surface area contributed by atoms with Gasteiger partial charge in [0.15, 0.2) is 5.69 Å². The molecule has 0 bridgehead atoms. The maximum Gasteiger partial charge on any atom is 0.271 e. The third kappa shape index (κ3) is 3.82. The van der Waals surface area contributed by atoms with Crippen LogP contribution >= 0.6 is 22.9 Å². The highest BCUT2D eigenvalue weighted by Crippen LogP contribution is 2.27. The zero-order chi connectivity index (χ0) is 17.9. The van der Waals surface area contributed by atoms with E-state index in [0.717, 1.165) is 17.7 Å². The summed E-state index contributed by atoms with van der Waals surface area (Å²) in [5.74, 6) is -0.147. The second-order valence-corrected chi connectivity index (χ2v) is 7.61. The first-order valence-electron chi connectivity index (χ1n) is 8.43. The van der Waals surface area contributed by atoms with Crippen molar-refractivity contribution in [3.05, 3.63) is 74.7 Å². The van der Waals surface area contributed by atoms with E-state index in [2.05, 4.69) is 16.5 Å². The van der Waals surface area contributed by atoms with E-state index in [1.807, 2.05) is 40.4 Å². The smallest absolute Gasteiger partial charge is 0.271 e. The Morgan fingerprint density at radius 3 is 2.96 bits per heavy atom. The zero-order valence-electron chi connectivity index (χ0n) is 14.0. The second-order valence-electron chi connectivity index (χ2n) is 6.14. The largest absolute Gasteiger partial charge is 0.365 e. The summed E-state index contributed by atoms with van der Waals surface area (Å²) in [7, 11) is 0. The fraction of sp³-hybridized carbons (Fsp3) is 0.263. The number of carbonyl (C=O) groups is 1. The molecule has 3 aromatic rings. The lowest BCUT2D eigenvalue weighted by molar-refractivity contribution is -0.00119. The lowest BCUT2D eigenvalue weighted by atomic mass is 10.1. The van der Waals surface area contributed by atoms with Gasteiger partial charge in [0, 0.05) is 16.4 Å². The van der Waals surface area contributed by atoms with Gasteiger partial charge in [0.2, 0.25) is 0 Å². The molecule has 0 fully saturated rings. The maximum atomic E-state index is 12.3. The number of ether oxygens (including phenoxy) is 1. The molecule has 1 N–H and O–H groups in total. The van der Waals surface area contributed by atoms with Crippen molar-refractivity contribution >= 4 is 28.8 Å². The Morgan fingerprint density at radius 2 is 2.19 bits per heavy atom. The molecule has 0 saturated heterocycles. The van der Waals surface area contributed by atoms with Gasteiger partial charge >= 0.3 is 0 Å². The lowest BCUT2D eigenvalue weighted by Crippen LogP contribution is -2.26. The van der Waals surface area contributed by atoms with Crippen molar-refractivity contribution in [1.82, 2.24) is 15.1 Å². The van der Waals surface area contributed by atoms with Crippen molar-refractivity contribution in [3.63, 3.8) is 0 Å². The van der Waals surface area contributed by atoms with Gasteiger partial charge in [-0.2, -0.15) is 5.10 Å². The Morgan fingerprint density at radius 1 is 1.35 bits per heavy atom. The molecule has 7 heteroatoms. The van der Waals surface area contributed by atoms with E-state index in [1.54, 1.807) is 17.4 Å². The summed E-state index contributed by atoms with van der Waals surface area (Å²) in [6.07, 6.45) is 0.744. The number of carbonyl (C=O) groups excluding carboxylic acids is 1. The molecule has 3 heterocycles. The molecular weight excluding hydrogens is 370 g/mol. The Labute approximate surface area is 160 Å². The Balaban J connectivity index is 1.39. The number of fused-ring (bicyclic) bond motifs is 1. The van der Waals surface area contributed by atoms with Gasteiger partial charge in [0.05, 0.1) is 18.8 Å². The highest BCUT2D eigenvalue weighted by Gasteiger charge is 2.24. The van der Waals surface area contributed by atoms with E-state index < -0.39 is 0 Å². The standard InChI is InChI=1S/C19H18ClN3O2S/c20-14-5-3-13(4-6-14)18-11-23-15(12-25-18)10-17(22-23)19(24)21-8-7-16-2-1-9-26-16/h1-6,9-10,18H,7-8,11-12H2,(H,21,24)/t18-/m0/s1. The topological polar surface area (TPSA) is 56.2 Å². The van der Waals surface area contributed by atoms with Gasteiger partial charge in [-0.3, -0.25) is 9.48 Å².